The van der Waals surface area contributed by atoms with Crippen LogP contribution in [-0.2, 0) is 19.5 Å². The second-order valence-corrected chi connectivity index (χ2v) is 10.7. The molecule has 4 saturated carbocycles. The Morgan fingerprint density at radius 3 is 2.42 bits per heavy atom. The van der Waals surface area contributed by atoms with Crippen LogP contribution in [0.5, 0.6) is 5.75 Å². The van der Waals surface area contributed by atoms with Gasteiger partial charge in [0, 0.05) is 31.7 Å². The molecule has 5 heteroatoms. The summed E-state index contributed by atoms with van der Waals surface area (Å²) in [5, 5.41) is 3.82. The fraction of sp³-hybridized carbons (Fsp3) is 0.615. The summed E-state index contributed by atoms with van der Waals surface area (Å²) in [5.41, 5.74) is 4.39. The van der Waals surface area contributed by atoms with Gasteiger partial charge >= 0.3 is 0 Å². The van der Waals surface area contributed by atoms with Crippen LogP contribution in [0, 0.1) is 23.2 Å². The van der Waals surface area contributed by atoms with E-state index < -0.39 is 0 Å². The van der Waals surface area contributed by atoms with Gasteiger partial charge in [-0.3, -0.25) is 4.90 Å². The zero-order chi connectivity index (χ0) is 20.8. The average molecular weight is 419 g/mol. The molecule has 0 unspecified atom stereocenters. The third kappa shape index (κ3) is 3.82. The molecule has 0 radical (unpaired) electrons. The van der Waals surface area contributed by atoms with Gasteiger partial charge in [0.25, 0.3) is 0 Å². The highest BCUT2D eigenvalue weighted by molar-refractivity contribution is 5.47. The maximum Gasteiger partial charge on any atom is 0.132 e. The summed E-state index contributed by atoms with van der Waals surface area (Å²) in [6, 6.07) is 8.41. The van der Waals surface area contributed by atoms with Crippen LogP contribution < -0.4 is 10.1 Å². The summed E-state index contributed by atoms with van der Waals surface area (Å²) in [4.78, 5) is 11.8. The van der Waals surface area contributed by atoms with E-state index in [4.69, 9.17) is 4.74 Å². The predicted octanol–water partition coefficient (Wildman–Crippen LogP) is 4.67. The van der Waals surface area contributed by atoms with E-state index in [1.807, 2.05) is 12.1 Å². The van der Waals surface area contributed by atoms with Crippen LogP contribution in [-0.4, -0.2) is 35.1 Å². The van der Waals surface area contributed by atoms with Crippen LogP contribution in [0.2, 0.25) is 0 Å². The van der Waals surface area contributed by atoms with Crippen LogP contribution in [0.15, 0.2) is 30.6 Å². The van der Waals surface area contributed by atoms with Crippen molar-refractivity contribution in [2.24, 2.45) is 23.2 Å². The average Bonchev–Trinajstić information content (AvgIpc) is 2.77. The van der Waals surface area contributed by atoms with Crippen molar-refractivity contribution < 1.29 is 4.74 Å². The summed E-state index contributed by atoms with van der Waals surface area (Å²) >= 11 is 0. The quantitative estimate of drug-likeness (QED) is 0.739. The summed E-state index contributed by atoms with van der Waals surface area (Å²) in [6.45, 7) is 4.01. The number of anilines is 1. The van der Waals surface area contributed by atoms with E-state index in [-0.39, 0.29) is 0 Å². The van der Waals surface area contributed by atoms with E-state index in [0.717, 1.165) is 61.9 Å². The minimum Gasteiger partial charge on any atom is -0.497 e. The van der Waals surface area contributed by atoms with Gasteiger partial charge in [-0.1, -0.05) is 12.1 Å². The van der Waals surface area contributed by atoms with Crippen LogP contribution in [0.3, 0.4) is 0 Å². The molecule has 1 aromatic carbocycles. The van der Waals surface area contributed by atoms with Crippen LogP contribution in [0.4, 0.5) is 5.82 Å². The van der Waals surface area contributed by atoms with E-state index >= 15 is 0 Å². The molecule has 0 amide bonds. The Balaban J connectivity index is 1.12. The number of aromatic nitrogens is 2. The molecular weight excluding hydrogens is 384 g/mol. The maximum atomic E-state index is 5.28. The molecule has 31 heavy (non-hydrogen) atoms. The molecule has 2 heterocycles. The molecule has 0 spiro atoms. The molecule has 4 fully saturated rings. The molecule has 164 valence electrons. The van der Waals surface area contributed by atoms with Gasteiger partial charge < -0.3 is 10.1 Å². The van der Waals surface area contributed by atoms with Crippen molar-refractivity contribution in [3.63, 3.8) is 0 Å². The van der Waals surface area contributed by atoms with Gasteiger partial charge in [-0.05, 0) is 85.8 Å². The number of hydrogen-bond acceptors (Lipinski definition) is 5. The van der Waals surface area contributed by atoms with Crippen LogP contribution in [0.25, 0.3) is 0 Å². The summed E-state index contributed by atoms with van der Waals surface area (Å²) < 4.78 is 5.28. The molecule has 1 aliphatic heterocycles. The van der Waals surface area contributed by atoms with Crippen molar-refractivity contribution in [1.82, 2.24) is 14.9 Å². The molecule has 2 aromatic rings. The maximum absolute atomic E-state index is 5.28. The van der Waals surface area contributed by atoms with Crippen molar-refractivity contribution in [2.45, 2.75) is 58.0 Å². The summed E-state index contributed by atoms with van der Waals surface area (Å²) in [5.74, 6) is 5.01. The first kappa shape index (κ1) is 19.5. The second-order valence-electron chi connectivity index (χ2n) is 10.7. The van der Waals surface area contributed by atoms with Gasteiger partial charge in [-0.2, -0.15) is 0 Å². The number of nitrogens with zero attached hydrogens (tertiary/aromatic N) is 3. The Morgan fingerprint density at radius 2 is 1.74 bits per heavy atom. The number of fused-ring (bicyclic) bond motifs is 1. The highest BCUT2D eigenvalue weighted by Gasteiger charge is 2.50. The Kier molecular flexibility index (Phi) is 4.90. The first-order valence-corrected chi connectivity index (χ1v) is 12.1. The van der Waals surface area contributed by atoms with E-state index in [1.54, 1.807) is 13.4 Å². The highest BCUT2D eigenvalue weighted by atomic mass is 16.5. The smallest absolute Gasteiger partial charge is 0.132 e. The molecular formula is C26H34N4O. The Morgan fingerprint density at radius 1 is 1.03 bits per heavy atom. The summed E-state index contributed by atoms with van der Waals surface area (Å²) in [7, 11) is 1.71. The number of rotatable bonds is 6. The molecule has 4 aliphatic carbocycles. The minimum atomic E-state index is 0.529. The molecule has 4 bridgehead atoms. The third-order valence-corrected chi connectivity index (χ3v) is 8.45. The lowest BCUT2D eigenvalue weighted by Gasteiger charge is -2.57. The minimum absolute atomic E-state index is 0.529. The predicted molar refractivity (Wildman–Crippen MR) is 122 cm³/mol. The molecule has 1 N–H and O–H groups in total. The topological polar surface area (TPSA) is 50.3 Å². The number of ether oxygens (including phenoxy) is 1. The van der Waals surface area contributed by atoms with Crippen molar-refractivity contribution >= 4 is 5.82 Å². The van der Waals surface area contributed by atoms with Crippen molar-refractivity contribution in [3.8, 4) is 5.75 Å². The number of nitrogens with one attached hydrogen (secondary N) is 1. The fourth-order valence-corrected chi connectivity index (χ4v) is 7.46. The van der Waals surface area contributed by atoms with Crippen LogP contribution in [0.1, 0.15) is 55.3 Å². The molecule has 5 nitrogen and oxygen atoms in total. The first-order chi connectivity index (χ1) is 15.2. The molecule has 0 atom stereocenters. The lowest BCUT2D eigenvalue weighted by molar-refractivity contribution is -0.0444. The largest absolute Gasteiger partial charge is 0.497 e. The molecule has 5 aliphatic rings. The zero-order valence-corrected chi connectivity index (χ0v) is 18.6. The van der Waals surface area contributed by atoms with Gasteiger partial charge in [0.1, 0.15) is 17.9 Å². The SMILES string of the molecule is COc1ccc(CN2CCc3c(ncnc3NCC34CC5CC(CC(C5)C3)C4)C2)cc1. The monoisotopic (exact) mass is 418 g/mol. The van der Waals surface area contributed by atoms with Crippen molar-refractivity contribution in [3.05, 3.63) is 47.4 Å². The van der Waals surface area contributed by atoms with E-state index in [0.29, 0.717) is 5.41 Å². The van der Waals surface area contributed by atoms with Crippen LogP contribution >= 0.6 is 0 Å². The van der Waals surface area contributed by atoms with E-state index in [2.05, 4.69) is 32.3 Å². The number of benzene rings is 1. The second kappa shape index (κ2) is 7.77. The lowest BCUT2D eigenvalue weighted by Crippen LogP contribution is -2.49. The summed E-state index contributed by atoms with van der Waals surface area (Å²) in [6.07, 6.45) is 11.6. The van der Waals surface area contributed by atoms with Gasteiger partial charge in [-0.25, -0.2) is 9.97 Å². The van der Waals surface area contributed by atoms with Crippen molar-refractivity contribution in [2.75, 3.05) is 25.5 Å². The van der Waals surface area contributed by atoms with E-state index in [1.165, 1.54) is 55.3 Å². The standard InChI is InChI=1S/C26H34N4O/c1-31-22-4-2-18(3-5-22)14-30-7-6-23-24(15-30)28-17-29-25(23)27-16-26-11-19-8-20(12-26)10-21(9-19)13-26/h2-5,17,19-21H,6-16H2,1H3,(H,27,28,29). The number of hydrogen-bond donors (Lipinski definition) is 1. The Labute approximate surface area is 185 Å². The first-order valence-electron chi connectivity index (χ1n) is 12.1. The zero-order valence-electron chi connectivity index (χ0n) is 18.6. The van der Waals surface area contributed by atoms with Gasteiger partial charge in [0.15, 0.2) is 0 Å². The molecule has 7 rings (SSSR count). The Bertz CT molecular complexity index is 906. The third-order valence-electron chi connectivity index (χ3n) is 8.45. The lowest BCUT2D eigenvalue weighted by atomic mass is 9.49. The molecule has 0 saturated heterocycles. The normalized spacial score (nSPS) is 31.5. The van der Waals surface area contributed by atoms with Gasteiger partial charge in [-0.15, -0.1) is 0 Å². The molecule has 1 aromatic heterocycles. The van der Waals surface area contributed by atoms with Gasteiger partial charge in [0.05, 0.1) is 12.8 Å². The number of methoxy groups -OCH3 is 1. The Hall–Kier alpha value is -2.14. The van der Waals surface area contributed by atoms with Gasteiger partial charge in [0.2, 0.25) is 0 Å². The van der Waals surface area contributed by atoms with Crippen molar-refractivity contribution in [1.29, 1.82) is 0 Å². The van der Waals surface area contributed by atoms with E-state index in [9.17, 15) is 0 Å². The highest BCUT2D eigenvalue weighted by Crippen LogP contribution is 2.59. The fourth-order valence-electron chi connectivity index (χ4n) is 7.46.